The smallest absolute Gasteiger partial charge is 0.340 e. The number of carbonyl (C=O) groups excluding carboxylic acids is 2. The molecule has 0 radical (unpaired) electrons. The lowest BCUT2D eigenvalue weighted by atomic mass is 10.2. The first kappa shape index (κ1) is 23.3. The van der Waals surface area contributed by atoms with Gasteiger partial charge in [-0.3, -0.25) is 9.10 Å². The van der Waals surface area contributed by atoms with E-state index in [0.717, 1.165) is 4.31 Å². The van der Waals surface area contributed by atoms with Crippen molar-refractivity contribution in [1.29, 1.82) is 0 Å². The molecule has 0 spiro atoms. The standard InChI is InChI=1S/C23H21ClN2O5S/c1-16-19(24)12-8-13-20(16)25-22(27)15-31-23(28)18-11-6-7-14-21(18)32(29,30)26(2)17-9-4-3-5-10-17/h3-14H,15H2,1-2H3,(H,25,27). The Bertz CT molecular complexity index is 1250. The number of nitrogens with one attached hydrogen (secondary N) is 1. The highest BCUT2D eigenvalue weighted by Gasteiger charge is 2.27. The number of halogens is 1. The average molecular weight is 473 g/mol. The topological polar surface area (TPSA) is 92.8 Å². The van der Waals surface area contributed by atoms with E-state index < -0.39 is 28.5 Å². The van der Waals surface area contributed by atoms with Gasteiger partial charge in [0.15, 0.2) is 6.61 Å². The largest absolute Gasteiger partial charge is 0.452 e. The third-order valence-corrected chi connectivity index (χ3v) is 6.99. The van der Waals surface area contributed by atoms with Crippen molar-refractivity contribution in [1.82, 2.24) is 0 Å². The lowest BCUT2D eigenvalue weighted by Crippen LogP contribution is -2.29. The van der Waals surface area contributed by atoms with Crippen molar-refractivity contribution in [3.63, 3.8) is 0 Å². The van der Waals surface area contributed by atoms with Gasteiger partial charge in [0.1, 0.15) is 4.90 Å². The fraction of sp³-hybridized carbons (Fsp3) is 0.130. The van der Waals surface area contributed by atoms with E-state index in [4.69, 9.17) is 16.3 Å². The molecule has 1 amide bonds. The number of rotatable bonds is 7. The molecular formula is C23H21ClN2O5S. The lowest BCUT2D eigenvalue weighted by Gasteiger charge is -2.20. The number of nitrogens with zero attached hydrogens (tertiary/aromatic N) is 1. The average Bonchev–Trinajstić information content (AvgIpc) is 2.80. The number of para-hydroxylation sites is 1. The molecule has 166 valence electrons. The highest BCUT2D eigenvalue weighted by Crippen LogP contribution is 2.25. The van der Waals surface area contributed by atoms with Crippen molar-refractivity contribution < 1.29 is 22.7 Å². The van der Waals surface area contributed by atoms with E-state index in [1.165, 1.54) is 31.3 Å². The zero-order valence-corrected chi connectivity index (χ0v) is 19.0. The summed E-state index contributed by atoms with van der Waals surface area (Å²) in [6.07, 6.45) is 0. The normalized spacial score (nSPS) is 11.0. The Balaban J connectivity index is 1.76. The van der Waals surface area contributed by atoms with Crippen LogP contribution in [0.25, 0.3) is 0 Å². The monoisotopic (exact) mass is 472 g/mol. The van der Waals surface area contributed by atoms with Crippen LogP contribution in [0.1, 0.15) is 15.9 Å². The Labute approximate surface area is 191 Å². The predicted octanol–water partition coefficient (Wildman–Crippen LogP) is 4.27. The molecule has 0 fully saturated rings. The second-order valence-corrected chi connectivity index (χ2v) is 9.19. The minimum absolute atomic E-state index is 0.165. The number of hydrogen-bond donors (Lipinski definition) is 1. The van der Waals surface area contributed by atoms with E-state index in [1.807, 2.05) is 0 Å². The maximum absolute atomic E-state index is 13.1. The number of benzene rings is 3. The molecule has 0 atom stereocenters. The first-order chi connectivity index (χ1) is 15.2. The number of esters is 1. The van der Waals surface area contributed by atoms with Crippen molar-refractivity contribution in [3.05, 3.63) is 88.9 Å². The third kappa shape index (κ3) is 5.09. The van der Waals surface area contributed by atoms with Crippen molar-refractivity contribution >= 4 is 44.9 Å². The Hall–Kier alpha value is -3.36. The van der Waals surface area contributed by atoms with Crippen molar-refractivity contribution in [2.24, 2.45) is 0 Å². The molecule has 9 heteroatoms. The van der Waals surface area contributed by atoms with Gasteiger partial charge in [-0.2, -0.15) is 0 Å². The van der Waals surface area contributed by atoms with Crippen LogP contribution in [0, 0.1) is 6.92 Å². The molecule has 0 saturated heterocycles. The number of hydrogen-bond acceptors (Lipinski definition) is 5. The Morgan fingerprint density at radius 2 is 1.62 bits per heavy atom. The quantitative estimate of drug-likeness (QED) is 0.518. The first-order valence-corrected chi connectivity index (χ1v) is 11.4. The number of amides is 1. The van der Waals surface area contributed by atoms with Crippen LogP contribution in [0.15, 0.2) is 77.7 Å². The fourth-order valence-electron chi connectivity index (χ4n) is 2.92. The molecule has 0 aliphatic carbocycles. The second-order valence-electron chi connectivity index (χ2n) is 6.84. The molecule has 7 nitrogen and oxygen atoms in total. The van der Waals surface area contributed by atoms with Gasteiger partial charge >= 0.3 is 5.97 Å². The lowest BCUT2D eigenvalue weighted by molar-refractivity contribution is -0.119. The van der Waals surface area contributed by atoms with E-state index in [2.05, 4.69) is 5.32 Å². The summed E-state index contributed by atoms with van der Waals surface area (Å²) in [4.78, 5) is 24.7. The van der Waals surface area contributed by atoms with Crippen LogP contribution in [-0.4, -0.2) is 33.9 Å². The van der Waals surface area contributed by atoms with E-state index in [-0.39, 0.29) is 10.5 Å². The Morgan fingerprint density at radius 1 is 0.969 bits per heavy atom. The van der Waals surface area contributed by atoms with E-state index in [1.54, 1.807) is 55.5 Å². The molecule has 0 bridgehead atoms. The summed E-state index contributed by atoms with van der Waals surface area (Å²) in [6.45, 7) is 1.15. The zero-order valence-electron chi connectivity index (χ0n) is 17.4. The SMILES string of the molecule is Cc1c(Cl)cccc1NC(=O)COC(=O)c1ccccc1S(=O)(=O)N(C)c1ccccc1. The van der Waals surface area contributed by atoms with Gasteiger partial charge in [-0.1, -0.05) is 48.0 Å². The van der Waals surface area contributed by atoms with E-state index in [0.29, 0.717) is 22.0 Å². The summed E-state index contributed by atoms with van der Waals surface area (Å²) in [5, 5.41) is 3.10. The maximum Gasteiger partial charge on any atom is 0.340 e. The van der Waals surface area contributed by atoms with Crippen LogP contribution in [0.2, 0.25) is 5.02 Å². The van der Waals surface area contributed by atoms with Crippen molar-refractivity contribution in [2.45, 2.75) is 11.8 Å². The molecule has 0 heterocycles. The molecule has 3 aromatic rings. The van der Waals surface area contributed by atoms with Crippen LogP contribution in [-0.2, 0) is 19.6 Å². The second kappa shape index (κ2) is 9.84. The number of anilines is 2. The van der Waals surface area contributed by atoms with Crippen LogP contribution < -0.4 is 9.62 Å². The Morgan fingerprint density at radius 3 is 2.34 bits per heavy atom. The molecule has 3 rings (SSSR count). The third-order valence-electron chi connectivity index (χ3n) is 4.74. The Kier molecular flexibility index (Phi) is 7.17. The van der Waals surface area contributed by atoms with Crippen LogP contribution in [0.5, 0.6) is 0 Å². The van der Waals surface area contributed by atoms with Gasteiger partial charge in [0.05, 0.1) is 11.3 Å². The van der Waals surface area contributed by atoms with Crippen molar-refractivity contribution in [2.75, 3.05) is 23.3 Å². The molecule has 3 aromatic carbocycles. The van der Waals surface area contributed by atoms with Gasteiger partial charge in [-0.15, -0.1) is 0 Å². The zero-order chi connectivity index (χ0) is 23.3. The summed E-state index contributed by atoms with van der Waals surface area (Å²) in [5.74, 6) is -1.51. The van der Waals surface area contributed by atoms with Crippen LogP contribution >= 0.6 is 11.6 Å². The van der Waals surface area contributed by atoms with Gasteiger partial charge in [0, 0.05) is 17.8 Å². The van der Waals surface area contributed by atoms with Gasteiger partial charge in [-0.25, -0.2) is 13.2 Å². The summed E-state index contributed by atoms with van der Waals surface area (Å²) in [6, 6.07) is 19.2. The first-order valence-electron chi connectivity index (χ1n) is 9.57. The minimum Gasteiger partial charge on any atom is -0.452 e. The molecular weight excluding hydrogens is 452 g/mol. The number of ether oxygens (including phenoxy) is 1. The minimum atomic E-state index is -4.05. The summed E-state index contributed by atoms with van der Waals surface area (Å²) < 4.78 is 32.4. The highest BCUT2D eigenvalue weighted by molar-refractivity contribution is 7.92. The number of sulfonamides is 1. The van der Waals surface area contributed by atoms with Gasteiger partial charge < -0.3 is 10.1 Å². The maximum atomic E-state index is 13.1. The number of carbonyl (C=O) groups is 2. The van der Waals surface area contributed by atoms with Crippen molar-refractivity contribution in [3.8, 4) is 0 Å². The molecule has 0 aromatic heterocycles. The summed E-state index contributed by atoms with van der Waals surface area (Å²) in [7, 11) is -2.65. The molecule has 0 saturated carbocycles. The van der Waals surface area contributed by atoms with E-state index >= 15 is 0 Å². The molecule has 0 unspecified atom stereocenters. The molecule has 32 heavy (non-hydrogen) atoms. The van der Waals surface area contributed by atoms with E-state index in [9.17, 15) is 18.0 Å². The fourth-order valence-corrected chi connectivity index (χ4v) is 4.47. The molecule has 0 aliphatic rings. The van der Waals surface area contributed by atoms with Crippen LogP contribution in [0.4, 0.5) is 11.4 Å². The van der Waals surface area contributed by atoms with Crippen LogP contribution in [0.3, 0.4) is 0 Å². The summed E-state index contributed by atoms with van der Waals surface area (Å²) in [5.41, 5.74) is 1.44. The predicted molar refractivity (Wildman–Crippen MR) is 124 cm³/mol. The van der Waals surface area contributed by atoms with Gasteiger partial charge in [-0.05, 0) is 48.9 Å². The summed E-state index contributed by atoms with van der Waals surface area (Å²) >= 11 is 6.04. The molecule has 0 aliphatic heterocycles. The highest BCUT2D eigenvalue weighted by atomic mass is 35.5. The van der Waals surface area contributed by atoms with Gasteiger partial charge in [0.25, 0.3) is 15.9 Å². The molecule has 1 N–H and O–H groups in total. The van der Waals surface area contributed by atoms with Gasteiger partial charge in [0.2, 0.25) is 0 Å².